The van der Waals surface area contributed by atoms with Crippen LogP contribution in [0.4, 0.5) is 0 Å². The molecule has 2 aliphatic rings. The van der Waals surface area contributed by atoms with E-state index in [0.29, 0.717) is 11.8 Å². The van der Waals surface area contributed by atoms with E-state index >= 15 is 0 Å². The summed E-state index contributed by atoms with van der Waals surface area (Å²) in [5, 5.41) is 10.4. The first-order chi connectivity index (χ1) is 7.45. The first-order valence-electron chi connectivity index (χ1n) is 6.45. The van der Waals surface area contributed by atoms with Crippen LogP contribution >= 0.6 is 0 Å². The van der Waals surface area contributed by atoms with E-state index in [1.54, 1.807) is 0 Å². The molecule has 90 valence electrons. The predicted molar refractivity (Wildman–Crippen MR) is 68.1 cm³/mol. The number of fused-ring (bicyclic) bond motifs is 1. The van der Waals surface area contributed by atoms with Crippen LogP contribution in [0.3, 0.4) is 0 Å². The van der Waals surface area contributed by atoms with E-state index in [-0.39, 0.29) is 11.5 Å². The van der Waals surface area contributed by atoms with Crippen molar-refractivity contribution >= 4 is 0 Å². The van der Waals surface area contributed by atoms with Gasteiger partial charge in [-0.15, -0.1) is 0 Å². The standard InChI is InChI=1S/C15H24O/c1-10(2)12-8-13-11(3)6-5-7-15(13,4)14(16)9-12/h6,12-14,16H,1,5,7-9H2,2-4H3/t12-,13-,14+,15+/m1/s1. The van der Waals surface area contributed by atoms with Gasteiger partial charge < -0.3 is 5.11 Å². The van der Waals surface area contributed by atoms with Crippen LogP contribution in [0.25, 0.3) is 0 Å². The van der Waals surface area contributed by atoms with Gasteiger partial charge in [0.2, 0.25) is 0 Å². The molecule has 0 amide bonds. The van der Waals surface area contributed by atoms with Crippen molar-refractivity contribution in [3.63, 3.8) is 0 Å². The molecule has 16 heavy (non-hydrogen) atoms. The highest BCUT2D eigenvalue weighted by Crippen LogP contribution is 2.52. The van der Waals surface area contributed by atoms with Crippen LogP contribution in [-0.2, 0) is 0 Å². The normalized spacial score (nSPS) is 43.5. The highest BCUT2D eigenvalue weighted by molar-refractivity contribution is 5.19. The second-order valence-corrected chi connectivity index (χ2v) is 6.08. The minimum absolute atomic E-state index is 0.116. The molecule has 0 bridgehead atoms. The van der Waals surface area contributed by atoms with Crippen molar-refractivity contribution in [3.8, 4) is 0 Å². The van der Waals surface area contributed by atoms with Crippen molar-refractivity contribution in [2.75, 3.05) is 0 Å². The lowest BCUT2D eigenvalue weighted by molar-refractivity contribution is -0.0534. The summed E-state index contributed by atoms with van der Waals surface area (Å²) in [4.78, 5) is 0. The second kappa shape index (κ2) is 4.03. The quantitative estimate of drug-likeness (QED) is 0.668. The van der Waals surface area contributed by atoms with E-state index in [0.717, 1.165) is 19.3 Å². The lowest BCUT2D eigenvalue weighted by atomic mass is 9.56. The van der Waals surface area contributed by atoms with Crippen molar-refractivity contribution in [3.05, 3.63) is 23.8 Å². The fourth-order valence-corrected chi connectivity index (χ4v) is 3.62. The summed E-state index contributed by atoms with van der Waals surface area (Å²) in [5.41, 5.74) is 2.84. The number of allylic oxidation sites excluding steroid dienone is 3. The van der Waals surface area contributed by atoms with Crippen molar-refractivity contribution in [2.24, 2.45) is 17.3 Å². The highest BCUT2D eigenvalue weighted by Gasteiger charge is 2.47. The van der Waals surface area contributed by atoms with Gasteiger partial charge >= 0.3 is 0 Å². The molecule has 0 heterocycles. The maximum atomic E-state index is 10.4. The number of hydrogen-bond donors (Lipinski definition) is 1. The Hall–Kier alpha value is -0.560. The van der Waals surface area contributed by atoms with Gasteiger partial charge in [-0.2, -0.15) is 0 Å². The van der Waals surface area contributed by atoms with Gasteiger partial charge in [0.15, 0.2) is 0 Å². The van der Waals surface area contributed by atoms with Crippen molar-refractivity contribution in [1.29, 1.82) is 0 Å². The summed E-state index contributed by atoms with van der Waals surface area (Å²) >= 11 is 0. The van der Waals surface area contributed by atoms with Crippen molar-refractivity contribution < 1.29 is 5.11 Å². The Balaban J connectivity index is 2.28. The van der Waals surface area contributed by atoms with Gasteiger partial charge in [-0.05, 0) is 51.4 Å². The van der Waals surface area contributed by atoms with Crippen molar-refractivity contribution in [2.45, 2.75) is 52.6 Å². The Bertz CT molecular complexity index is 328. The van der Waals surface area contributed by atoms with Gasteiger partial charge in [0.05, 0.1) is 6.10 Å². The molecule has 0 aromatic carbocycles. The van der Waals surface area contributed by atoms with Crippen LogP contribution in [-0.4, -0.2) is 11.2 Å². The van der Waals surface area contributed by atoms with Gasteiger partial charge in [0.25, 0.3) is 0 Å². The molecule has 1 heteroatoms. The van der Waals surface area contributed by atoms with Crippen LogP contribution in [0.1, 0.15) is 46.5 Å². The molecule has 0 aliphatic heterocycles. The smallest absolute Gasteiger partial charge is 0.0605 e. The van der Waals surface area contributed by atoms with Crippen LogP contribution in [0.15, 0.2) is 23.8 Å². The lowest BCUT2D eigenvalue weighted by Crippen LogP contribution is -2.47. The van der Waals surface area contributed by atoms with Gasteiger partial charge in [0.1, 0.15) is 0 Å². The maximum Gasteiger partial charge on any atom is 0.0605 e. The number of rotatable bonds is 1. The van der Waals surface area contributed by atoms with Gasteiger partial charge in [0, 0.05) is 5.41 Å². The third-order valence-electron chi connectivity index (χ3n) is 4.98. The minimum atomic E-state index is -0.156. The Morgan fingerprint density at radius 1 is 1.50 bits per heavy atom. The topological polar surface area (TPSA) is 20.2 Å². The van der Waals surface area contributed by atoms with E-state index in [9.17, 15) is 5.11 Å². The predicted octanol–water partition coefficient (Wildman–Crippen LogP) is 3.70. The Labute approximate surface area is 99.3 Å². The molecule has 0 radical (unpaired) electrons. The fourth-order valence-electron chi connectivity index (χ4n) is 3.62. The molecule has 0 saturated heterocycles. The number of aliphatic hydroxyl groups is 1. The molecule has 0 spiro atoms. The molecule has 1 nitrogen and oxygen atoms in total. The summed E-state index contributed by atoms with van der Waals surface area (Å²) in [6, 6.07) is 0. The largest absolute Gasteiger partial charge is 0.393 e. The third-order valence-corrected chi connectivity index (χ3v) is 4.98. The molecule has 2 rings (SSSR count). The minimum Gasteiger partial charge on any atom is -0.393 e. The molecule has 0 aromatic heterocycles. The molecule has 4 atom stereocenters. The van der Waals surface area contributed by atoms with Gasteiger partial charge in [-0.25, -0.2) is 0 Å². The Morgan fingerprint density at radius 2 is 2.19 bits per heavy atom. The van der Waals surface area contributed by atoms with E-state index in [1.807, 2.05) is 0 Å². The Morgan fingerprint density at radius 3 is 2.81 bits per heavy atom. The third kappa shape index (κ3) is 1.75. The summed E-state index contributed by atoms with van der Waals surface area (Å²) in [6.45, 7) is 10.7. The fraction of sp³-hybridized carbons (Fsp3) is 0.733. The zero-order valence-corrected chi connectivity index (χ0v) is 10.8. The molecule has 2 aliphatic carbocycles. The monoisotopic (exact) mass is 220 g/mol. The zero-order valence-electron chi connectivity index (χ0n) is 10.8. The molecule has 0 unspecified atom stereocenters. The second-order valence-electron chi connectivity index (χ2n) is 6.08. The summed E-state index contributed by atoms with van der Waals surface area (Å²) < 4.78 is 0. The molecular weight excluding hydrogens is 196 g/mol. The maximum absolute atomic E-state index is 10.4. The van der Waals surface area contributed by atoms with Crippen molar-refractivity contribution in [1.82, 2.24) is 0 Å². The molecule has 1 N–H and O–H groups in total. The Kier molecular flexibility index (Phi) is 3.00. The average Bonchev–Trinajstić information content (AvgIpc) is 2.20. The first kappa shape index (κ1) is 11.9. The van der Waals surface area contributed by atoms with Crippen LogP contribution in [0, 0.1) is 17.3 Å². The molecule has 0 aromatic rings. The summed E-state index contributed by atoms with van der Waals surface area (Å²) in [6.07, 6.45) is 6.57. The molecular formula is C15H24O. The summed E-state index contributed by atoms with van der Waals surface area (Å²) in [5.74, 6) is 1.07. The van der Waals surface area contributed by atoms with Gasteiger partial charge in [-0.1, -0.05) is 30.7 Å². The average molecular weight is 220 g/mol. The van der Waals surface area contributed by atoms with E-state index in [4.69, 9.17) is 0 Å². The number of aliphatic hydroxyl groups excluding tert-OH is 1. The number of hydrogen-bond acceptors (Lipinski definition) is 1. The van der Waals surface area contributed by atoms with Crippen LogP contribution in [0.2, 0.25) is 0 Å². The zero-order chi connectivity index (χ0) is 11.9. The van der Waals surface area contributed by atoms with E-state index in [2.05, 4.69) is 33.4 Å². The SMILES string of the molecule is C=C(C)[C@@H]1C[C@@H]2C(C)=CCC[C@]2(C)[C@@H](O)C1. The van der Waals surface area contributed by atoms with Crippen LogP contribution < -0.4 is 0 Å². The summed E-state index contributed by atoms with van der Waals surface area (Å²) in [7, 11) is 0. The van der Waals surface area contributed by atoms with Gasteiger partial charge in [-0.3, -0.25) is 0 Å². The first-order valence-corrected chi connectivity index (χ1v) is 6.45. The molecule has 1 fully saturated rings. The molecule has 1 saturated carbocycles. The lowest BCUT2D eigenvalue weighted by Gasteiger charge is -2.50. The van der Waals surface area contributed by atoms with E-state index < -0.39 is 0 Å². The van der Waals surface area contributed by atoms with E-state index in [1.165, 1.54) is 17.6 Å². The highest BCUT2D eigenvalue weighted by atomic mass is 16.3. The van der Waals surface area contributed by atoms with Crippen LogP contribution in [0.5, 0.6) is 0 Å².